The second kappa shape index (κ2) is 5.82. The lowest BCUT2D eigenvalue weighted by atomic mass is 10.3. The number of nitrogens with zero attached hydrogens (tertiary/aromatic N) is 4. The molecule has 8 heteroatoms. The third-order valence-electron chi connectivity index (χ3n) is 1.90. The van der Waals surface area contributed by atoms with Gasteiger partial charge < -0.3 is 5.73 Å². The summed E-state index contributed by atoms with van der Waals surface area (Å²) in [6.07, 6.45) is 4.94. The lowest BCUT2D eigenvalue weighted by Gasteiger charge is -1.95. The van der Waals surface area contributed by atoms with Crippen LogP contribution in [-0.4, -0.2) is 27.3 Å². The van der Waals surface area contributed by atoms with E-state index in [1.165, 1.54) is 17.6 Å². The molecular formula is C10H10N6OS. The Hall–Kier alpha value is -2.35. The molecule has 0 fully saturated rings. The monoisotopic (exact) mass is 262 g/mol. The van der Waals surface area contributed by atoms with E-state index < -0.39 is 0 Å². The van der Waals surface area contributed by atoms with Crippen LogP contribution in [0.5, 0.6) is 0 Å². The quantitative estimate of drug-likeness (QED) is 0.605. The largest absolute Gasteiger partial charge is 0.374 e. The number of rotatable bonds is 4. The predicted molar refractivity (Wildman–Crippen MR) is 68.0 cm³/mol. The number of aromatic nitrogens is 3. The van der Waals surface area contributed by atoms with Crippen LogP contribution in [0, 0.1) is 0 Å². The molecule has 3 N–H and O–H groups in total. The summed E-state index contributed by atoms with van der Waals surface area (Å²) >= 11 is 1.18. The van der Waals surface area contributed by atoms with Gasteiger partial charge in [0.2, 0.25) is 11.0 Å². The molecule has 2 aromatic rings. The first-order valence-corrected chi connectivity index (χ1v) is 5.85. The van der Waals surface area contributed by atoms with Crippen molar-refractivity contribution < 1.29 is 4.79 Å². The molecule has 0 saturated heterocycles. The molecule has 2 aromatic heterocycles. The Morgan fingerprint density at radius 2 is 2.22 bits per heavy atom. The lowest BCUT2D eigenvalue weighted by Crippen LogP contribution is -2.19. The number of hydrogen-bond donors (Lipinski definition) is 2. The molecule has 2 rings (SSSR count). The zero-order chi connectivity index (χ0) is 12.8. The van der Waals surface area contributed by atoms with Crippen LogP contribution in [0.4, 0.5) is 5.13 Å². The van der Waals surface area contributed by atoms with Crippen molar-refractivity contribution in [2.45, 2.75) is 6.42 Å². The van der Waals surface area contributed by atoms with Crippen molar-refractivity contribution in [1.82, 2.24) is 20.6 Å². The van der Waals surface area contributed by atoms with E-state index in [-0.39, 0.29) is 12.3 Å². The van der Waals surface area contributed by atoms with Crippen LogP contribution in [0.25, 0.3) is 0 Å². The normalized spacial score (nSPS) is 10.7. The van der Waals surface area contributed by atoms with Gasteiger partial charge in [-0.05, 0) is 17.7 Å². The summed E-state index contributed by atoms with van der Waals surface area (Å²) in [5.74, 6) is -0.267. The fourth-order valence-corrected chi connectivity index (χ4v) is 1.75. The van der Waals surface area contributed by atoms with Crippen molar-refractivity contribution in [1.29, 1.82) is 0 Å². The first-order chi connectivity index (χ1) is 8.74. The molecule has 0 saturated carbocycles. The Labute approximate surface area is 107 Å². The zero-order valence-electron chi connectivity index (χ0n) is 9.28. The smallest absolute Gasteiger partial charge is 0.247 e. The van der Waals surface area contributed by atoms with Gasteiger partial charge in [0.25, 0.3) is 0 Å². The maximum atomic E-state index is 11.5. The zero-order valence-corrected chi connectivity index (χ0v) is 10.1. The molecule has 0 unspecified atom stereocenters. The molecule has 7 nitrogen and oxygen atoms in total. The highest BCUT2D eigenvalue weighted by Crippen LogP contribution is 2.10. The van der Waals surface area contributed by atoms with Crippen LogP contribution < -0.4 is 11.2 Å². The Bertz CT molecular complexity index is 553. The maximum Gasteiger partial charge on any atom is 0.247 e. The number of amides is 1. The molecule has 18 heavy (non-hydrogen) atoms. The average molecular weight is 262 g/mol. The highest BCUT2D eigenvalue weighted by atomic mass is 32.1. The Balaban J connectivity index is 1.83. The van der Waals surface area contributed by atoms with Gasteiger partial charge >= 0.3 is 0 Å². The summed E-state index contributed by atoms with van der Waals surface area (Å²) in [5, 5.41) is 12.1. The highest BCUT2D eigenvalue weighted by molar-refractivity contribution is 7.15. The number of nitrogen functional groups attached to an aromatic ring is 1. The van der Waals surface area contributed by atoms with Gasteiger partial charge in [-0.25, -0.2) is 5.43 Å². The van der Waals surface area contributed by atoms with Gasteiger partial charge in [-0.3, -0.25) is 9.78 Å². The second-order valence-electron chi connectivity index (χ2n) is 3.28. The molecule has 0 bridgehead atoms. The van der Waals surface area contributed by atoms with E-state index in [0.717, 1.165) is 5.56 Å². The Kier molecular flexibility index (Phi) is 3.92. The van der Waals surface area contributed by atoms with Crippen LogP contribution in [-0.2, 0) is 11.2 Å². The van der Waals surface area contributed by atoms with Crippen molar-refractivity contribution in [3.05, 3.63) is 35.1 Å². The van der Waals surface area contributed by atoms with Crippen molar-refractivity contribution in [3.63, 3.8) is 0 Å². The van der Waals surface area contributed by atoms with Crippen molar-refractivity contribution >= 4 is 28.6 Å². The fraction of sp³-hybridized carbons (Fsp3) is 0.100. The third-order valence-corrected chi connectivity index (χ3v) is 2.66. The minimum Gasteiger partial charge on any atom is -0.374 e. The van der Waals surface area contributed by atoms with E-state index in [9.17, 15) is 4.79 Å². The lowest BCUT2D eigenvalue weighted by molar-refractivity contribution is -0.120. The number of pyridine rings is 1. The summed E-state index contributed by atoms with van der Waals surface area (Å²) in [5.41, 5.74) is 8.66. The van der Waals surface area contributed by atoms with Gasteiger partial charge in [-0.1, -0.05) is 11.3 Å². The van der Waals surface area contributed by atoms with Crippen LogP contribution in [0.15, 0.2) is 29.6 Å². The molecular weight excluding hydrogens is 252 g/mol. The topological polar surface area (TPSA) is 106 Å². The standard InChI is InChI=1S/C10H10N6OS/c11-10-16-15-9(18-10)5-8(17)14-13-6-7-1-3-12-4-2-7/h1-4,6H,5H2,(H2,11,16)(H,14,17). The predicted octanol–water partition coefficient (Wildman–Crippen LogP) is 0.208. The van der Waals surface area contributed by atoms with Gasteiger partial charge in [-0.2, -0.15) is 5.10 Å². The van der Waals surface area contributed by atoms with Crippen LogP contribution >= 0.6 is 11.3 Å². The number of hydrazone groups is 1. The first-order valence-electron chi connectivity index (χ1n) is 5.04. The summed E-state index contributed by atoms with van der Waals surface area (Å²) in [4.78, 5) is 15.3. The van der Waals surface area contributed by atoms with Gasteiger partial charge in [0.1, 0.15) is 5.01 Å². The highest BCUT2D eigenvalue weighted by Gasteiger charge is 2.06. The van der Waals surface area contributed by atoms with Crippen molar-refractivity contribution in [2.75, 3.05) is 5.73 Å². The number of carbonyl (C=O) groups is 1. The van der Waals surface area contributed by atoms with E-state index in [1.54, 1.807) is 24.5 Å². The summed E-state index contributed by atoms with van der Waals surface area (Å²) < 4.78 is 0. The van der Waals surface area contributed by atoms with E-state index in [1.807, 2.05) is 0 Å². The third kappa shape index (κ3) is 3.59. The number of nitrogens with one attached hydrogen (secondary N) is 1. The second-order valence-corrected chi connectivity index (χ2v) is 4.38. The van der Waals surface area contributed by atoms with Gasteiger partial charge in [0.05, 0.1) is 12.6 Å². The fourth-order valence-electron chi connectivity index (χ4n) is 1.14. The number of hydrogen-bond acceptors (Lipinski definition) is 7. The number of nitrogens with two attached hydrogens (primary N) is 1. The van der Waals surface area contributed by atoms with E-state index in [2.05, 4.69) is 25.7 Å². The minimum atomic E-state index is -0.267. The molecule has 0 atom stereocenters. The molecule has 0 spiro atoms. The van der Waals surface area contributed by atoms with E-state index >= 15 is 0 Å². The summed E-state index contributed by atoms with van der Waals surface area (Å²) in [7, 11) is 0. The number of carbonyl (C=O) groups excluding carboxylic acids is 1. The molecule has 0 aliphatic rings. The number of anilines is 1. The molecule has 0 aliphatic carbocycles. The molecule has 0 aromatic carbocycles. The maximum absolute atomic E-state index is 11.5. The SMILES string of the molecule is Nc1nnc(CC(=O)NN=Cc2ccncc2)s1. The van der Waals surface area contributed by atoms with Crippen LogP contribution in [0.2, 0.25) is 0 Å². The first kappa shape index (κ1) is 12.1. The van der Waals surface area contributed by atoms with Gasteiger partial charge in [0, 0.05) is 12.4 Å². The molecule has 92 valence electrons. The molecule has 0 radical (unpaired) electrons. The van der Waals surface area contributed by atoms with Crippen LogP contribution in [0.3, 0.4) is 0 Å². The van der Waals surface area contributed by atoms with Crippen molar-refractivity contribution in [3.8, 4) is 0 Å². The summed E-state index contributed by atoms with van der Waals surface area (Å²) in [6.45, 7) is 0. The van der Waals surface area contributed by atoms with Gasteiger partial charge in [0.15, 0.2) is 0 Å². The van der Waals surface area contributed by atoms with E-state index in [4.69, 9.17) is 5.73 Å². The molecule has 1 amide bonds. The van der Waals surface area contributed by atoms with Crippen LogP contribution in [0.1, 0.15) is 10.6 Å². The average Bonchev–Trinajstić information content (AvgIpc) is 2.76. The Morgan fingerprint density at radius 3 is 2.89 bits per heavy atom. The summed E-state index contributed by atoms with van der Waals surface area (Å²) in [6, 6.07) is 3.56. The van der Waals surface area contributed by atoms with E-state index in [0.29, 0.717) is 10.1 Å². The molecule has 0 aliphatic heterocycles. The minimum absolute atomic E-state index is 0.114. The Morgan fingerprint density at radius 1 is 1.44 bits per heavy atom. The molecule has 2 heterocycles. The van der Waals surface area contributed by atoms with Crippen molar-refractivity contribution in [2.24, 2.45) is 5.10 Å². The van der Waals surface area contributed by atoms with Gasteiger partial charge in [-0.15, -0.1) is 10.2 Å².